The molecule has 0 bridgehead atoms. The molecule has 0 radical (unpaired) electrons. The van der Waals surface area contributed by atoms with Crippen molar-refractivity contribution in [2.24, 2.45) is 7.05 Å². The van der Waals surface area contributed by atoms with Gasteiger partial charge in [0.2, 0.25) is 5.91 Å². The van der Waals surface area contributed by atoms with Gasteiger partial charge in [-0.1, -0.05) is 49.6 Å². The molecule has 168 valence electrons. The molecule has 2 aromatic carbocycles. The van der Waals surface area contributed by atoms with Crippen LogP contribution in [-0.4, -0.2) is 25.9 Å². The fourth-order valence-corrected chi connectivity index (χ4v) is 5.10. The largest absolute Gasteiger partial charge is 0.350 e. The van der Waals surface area contributed by atoms with Gasteiger partial charge in [0.15, 0.2) is 0 Å². The lowest BCUT2D eigenvalue weighted by Crippen LogP contribution is -2.30. The van der Waals surface area contributed by atoms with E-state index >= 15 is 0 Å². The van der Waals surface area contributed by atoms with Gasteiger partial charge in [0.05, 0.1) is 17.6 Å². The molecule has 0 fully saturated rings. The molecule has 0 aliphatic carbocycles. The van der Waals surface area contributed by atoms with Crippen molar-refractivity contribution >= 4 is 39.8 Å². The summed E-state index contributed by atoms with van der Waals surface area (Å²) in [7, 11) is 2.04. The summed E-state index contributed by atoms with van der Waals surface area (Å²) >= 11 is 1.29. The Kier molecular flexibility index (Phi) is 6.46. The molecule has 1 amide bonds. The number of carbonyl (C=O) groups excluding carboxylic acids is 1. The van der Waals surface area contributed by atoms with Crippen molar-refractivity contribution in [1.29, 1.82) is 0 Å². The first-order chi connectivity index (χ1) is 15.5. The van der Waals surface area contributed by atoms with Crippen LogP contribution in [0.5, 0.6) is 0 Å². The predicted molar refractivity (Wildman–Crippen MR) is 133 cm³/mol. The smallest absolute Gasteiger partial charge is 0.329 e. The highest BCUT2D eigenvalue weighted by Gasteiger charge is 2.23. The summed E-state index contributed by atoms with van der Waals surface area (Å²) in [6.07, 6.45) is 5.90. The number of imidazole rings is 1. The number of nitrogens with zero attached hydrogens (tertiary/aromatic N) is 3. The zero-order valence-electron chi connectivity index (χ0n) is 19.1. The third-order valence-electron chi connectivity index (χ3n) is 6.12. The van der Waals surface area contributed by atoms with Gasteiger partial charge >= 0.3 is 5.69 Å². The van der Waals surface area contributed by atoms with Crippen molar-refractivity contribution in [1.82, 2.24) is 18.4 Å². The summed E-state index contributed by atoms with van der Waals surface area (Å²) in [6, 6.07) is 14.0. The van der Waals surface area contributed by atoms with Crippen LogP contribution in [0.3, 0.4) is 0 Å². The molecule has 0 aliphatic rings. The number of aryl methyl sites for hydroxylation is 2. The van der Waals surface area contributed by atoms with E-state index in [9.17, 15) is 9.59 Å². The van der Waals surface area contributed by atoms with Crippen LogP contribution in [-0.2, 0) is 18.4 Å². The number of amides is 1. The number of hydrogen-bond donors (Lipinski definition) is 1. The molecule has 1 atom stereocenters. The highest BCUT2D eigenvalue weighted by atomic mass is 32.2. The van der Waals surface area contributed by atoms with Gasteiger partial charge in [0.25, 0.3) is 0 Å². The maximum absolute atomic E-state index is 13.8. The fraction of sp³-hybridized carbons (Fsp3) is 0.360. The van der Waals surface area contributed by atoms with Gasteiger partial charge in [-0.15, -0.1) is 0 Å². The molecule has 32 heavy (non-hydrogen) atoms. The summed E-state index contributed by atoms with van der Waals surface area (Å²) in [5.41, 5.74) is 5.20. The number of fused-ring (bicyclic) bond motifs is 2. The third kappa shape index (κ3) is 3.97. The lowest BCUT2D eigenvalue weighted by atomic mass is 10.1. The molecule has 0 saturated carbocycles. The number of nitrogens with one attached hydrogen (secondary N) is 1. The Balaban J connectivity index is 1.85. The van der Waals surface area contributed by atoms with E-state index in [0.29, 0.717) is 6.54 Å². The van der Waals surface area contributed by atoms with Gasteiger partial charge in [-0.3, -0.25) is 13.9 Å². The molecule has 4 rings (SSSR count). The minimum atomic E-state index is -0.181. The topological polar surface area (TPSA) is 61.0 Å². The van der Waals surface area contributed by atoms with Crippen LogP contribution in [0.1, 0.15) is 43.4 Å². The Morgan fingerprint density at radius 2 is 1.81 bits per heavy atom. The molecule has 6 nitrogen and oxygen atoms in total. The van der Waals surface area contributed by atoms with Gasteiger partial charge in [0, 0.05) is 42.9 Å². The van der Waals surface area contributed by atoms with E-state index < -0.39 is 0 Å². The number of aromatic nitrogens is 3. The Morgan fingerprint density at radius 1 is 1.09 bits per heavy atom. The van der Waals surface area contributed by atoms with Crippen molar-refractivity contribution in [3.05, 3.63) is 70.3 Å². The average Bonchev–Trinajstić information content (AvgIpc) is 3.23. The van der Waals surface area contributed by atoms with Crippen LogP contribution in [0.15, 0.2) is 53.5 Å². The van der Waals surface area contributed by atoms with E-state index in [4.69, 9.17) is 0 Å². The van der Waals surface area contributed by atoms with Crippen molar-refractivity contribution in [3.8, 4) is 0 Å². The number of hydrogen-bond acceptors (Lipinski definition) is 3. The van der Waals surface area contributed by atoms with E-state index in [-0.39, 0.29) is 24.1 Å². The third-order valence-corrected chi connectivity index (χ3v) is 6.55. The van der Waals surface area contributed by atoms with E-state index in [1.807, 2.05) is 46.7 Å². The Labute approximate surface area is 192 Å². The maximum Gasteiger partial charge on any atom is 0.329 e. The van der Waals surface area contributed by atoms with Gasteiger partial charge in [-0.05, 0) is 42.7 Å². The molecule has 0 unspecified atom stereocenters. The summed E-state index contributed by atoms with van der Waals surface area (Å²) in [4.78, 5) is 26.1. The first-order valence-electron chi connectivity index (χ1n) is 11.0. The monoisotopic (exact) mass is 450 g/mol. The van der Waals surface area contributed by atoms with E-state index in [0.717, 1.165) is 35.0 Å². The number of para-hydroxylation sites is 2. The van der Waals surface area contributed by atoms with Crippen LogP contribution in [0.2, 0.25) is 0 Å². The first-order valence-corrected chi connectivity index (χ1v) is 12.2. The minimum Gasteiger partial charge on any atom is -0.350 e. The highest BCUT2D eigenvalue weighted by molar-refractivity contribution is 7.97. The van der Waals surface area contributed by atoms with Gasteiger partial charge in [-0.2, -0.15) is 0 Å². The molecule has 0 aliphatic heterocycles. The van der Waals surface area contributed by atoms with Crippen molar-refractivity contribution in [2.45, 2.75) is 45.7 Å². The van der Waals surface area contributed by atoms with Gasteiger partial charge < -0.3 is 9.29 Å². The van der Waals surface area contributed by atoms with Crippen molar-refractivity contribution in [2.75, 3.05) is 6.26 Å². The number of benzene rings is 2. The zero-order valence-corrected chi connectivity index (χ0v) is 19.9. The first kappa shape index (κ1) is 22.3. The van der Waals surface area contributed by atoms with E-state index in [1.54, 1.807) is 0 Å². The molecule has 7 heteroatoms. The molecule has 0 saturated heterocycles. The maximum atomic E-state index is 13.8. The summed E-state index contributed by atoms with van der Waals surface area (Å²) in [6.45, 7) is 4.69. The molecular weight excluding hydrogens is 420 g/mol. The molecule has 1 N–H and O–H groups in total. The predicted octanol–water partition coefficient (Wildman–Crippen LogP) is 4.78. The van der Waals surface area contributed by atoms with Crippen LogP contribution in [0.25, 0.3) is 21.9 Å². The molecule has 0 spiro atoms. The van der Waals surface area contributed by atoms with Gasteiger partial charge in [-0.25, -0.2) is 4.79 Å². The average molecular weight is 451 g/mol. The minimum absolute atomic E-state index is 0.0515. The highest BCUT2D eigenvalue weighted by Crippen LogP contribution is 2.27. The van der Waals surface area contributed by atoms with Crippen LogP contribution in [0, 0.1) is 6.92 Å². The lowest BCUT2D eigenvalue weighted by Gasteiger charge is -2.17. The summed E-state index contributed by atoms with van der Waals surface area (Å²) in [5.74, 6) is -0.0515. The Morgan fingerprint density at radius 3 is 2.53 bits per heavy atom. The quantitative estimate of drug-likeness (QED) is 0.393. The van der Waals surface area contributed by atoms with Gasteiger partial charge in [0.1, 0.15) is 0 Å². The lowest BCUT2D eigenvalue weighted by molar-refractivity contribution is -0.120. The number of carbonyl (C=O) groups is 1. The number of rotatable bonds is 8. The summed E-state index contributed by atoms with van der Waals surface area (Å²) < 4.78 is 8.60. The molecular formula is C25H30N4O2S. The SMILES string of the molecule is CCC[C@@H](CC(=O)NSC)n1c(=O)n(Cc2cn(C)c3cccc(C)c23)c2ccccc21. The summed E-state index contributed by atoms with van der Waals surface area (Å²) in [5, 5.41) is 1.20. The second kappa shape index (κ2) is 9.28. The van der Waals surface area contributed by atoms with E-state index in [1.165, 1.54) is 22.9 Å². The molecule has 4 aromatic rings. The van der Waals surface area contributed by atoms with Crippen molar-refractivity contribution < 1.29 is 4.79 Å². The Hall–Kier alpha value is -2.93. The van der Waals surface area contributed by atoms with Crippen LogP contribution in [0.4, 0.5) is 0 Å². The zero-order chi connectivity index (χ0) is 22.8. The van der Waals surface area contributed by atoms with E-state index in [2.05, 4.69) is 47.5 Å². The molecule has 2 aromatic heterocycles. The van der Waals surface area contributed by atoms with Crippen molar-refractivity contribution in [3.63, 3.8) is 0 Å². The van der Waals surface area contributed by atoms with Crippen LogP contribution < -0.4 is 10.4 Å². The Bertz CT molecular complexity index is 1330. The second-order valence-electron chi connectivity index (χ2n) is 8.34. The second-order valence-corrected chi connectivity index (χ2v) is 8.95. The van der Waals surface area contributed by atoms with Crippen LogP contribution >= 0.6 is 11.9 Å². The molecule has 2 heterocycles. The standard InChI is InChI=1S/C25H30N4O2S/c1-5-9-19(14-23(30)26-32-4)29-21-12-7-6-11-20(21)28(25(29)31)16-18-15-27(3)22-13-8-10-17(2)24(18)22/h6-8,10-13,15,19H,5,9,14,16H2,1-4H3,(H,26,30)/t19-/m0/s1. The normalized spacial score (nSPS) is 12.5. The fourth-order valence-electron chi connectivity index (χ4n) is 4.79.